The molecule has 1 aromatic carbocycles. The number of urea groups is 1. The van der Waals surface area contributed by atoms with Gasteiger partial charge in [0.2, 0.25) is 29.5 Å². The molecule has 2 aromatic rings. The lowest BCUT2D eigenvalue weighted by Crippen LogP contribution is -2.50. The third kappa shape index (κ3) is 36.7. The van der Waals surface area contributed by atoms with Gasteiger partial charge in [-0.25, -0.2) is 14.6 Å². The molecule has 348 valence electrons. The Morgan fingerprint density at radius 1 is 0.790 bits per heavy atom. The number of carboxylic acid groups (broad SMARTS) is 1. The molecule has 1 heterocycles. The number of anilines is 2. The Morgan fingerprint density at radius 3 is 1.76 bits per heavy atom. The summed E-state index contributed by atoms with van der Waals surface area (Å²) in [5.41, 5.74) is 8.63. The van der Waals surface area contributed by atoms with Crippen LogP contribution < -0.4 is 43.0 Å². The number of hydrogen-bond acceptors (Lipinski definition) is 10. The fraction of sp³-hybridized carbons (Fsp3) is 0.545. The van der Waals surface area contributed by atoms with Gasteiger partial charge >= 0.3 is 12.0 Å². The quantitative estimate of drug-likeness (QED) is 0.0732. The number of aryl methyl sites for hydroxylation is 1. The van der Waals surface area contributed by atoms with E-state index in [-0.39, 0.29) is 31.2 Å². The molecule has 0 radical (unpaired) electrons. The van der Waals surface area contributed by atoms with E-state index < -0.39 is 61.3 Å². The highest BCUT2D eigenvalue weighted by Crippen LogP contribution is 2.13. The summed E-state index contributed by atoms with van der Waals surface area (Å²) >= 11 is 0. The molecule has 0 fully saturated rings. The Bertz CT molecular complexity index is 1610. The second-order valence-corrected chi connectivity index (χ2v) is 14.8. The van der Waals surface area contributed by atoms with Crippen molar-refractivity contribution in [1.82, 2.24) is 41.8 Å². The van der Waals surface area contributed by atoms with E-state index in [9.17, 15) is 38.7 Å². The van der Waals surface area contributed by atoms with Crippen molar-refractivity contribution >= 4 is 53.0 Å². The zero-order valence-corrected chi connectivity index (χ0v) is 38.7. The number of pyridine rings is 1. The fourth-order valence-corrected chi connectivity index (χ4v) is 4.05. The molecule has 0 aliphatic carbocycles. The van der Waals surface area contributed by atoms with Crippen LogP contribution in [-0.2, 0) is 41.6 Å². The topological polar surface area (TPSA) is 266 Å². The highest BCUT2D eigenvalue weighted by molar-refractivity contribution is 5.92. The van der Waals surface area contributed by atoms with Crippen molar-refractivity contribution in [3.05, 3.63) is 53.7 Å². The number of carbonyl (C=O) groups excluding carboxylic acids is 6. The number of aromatic nitrogens is 1. The monoisotopic (exact) mass is 871 g/mol. The molecule has 0 spiro atoms. The number of nitrogen functional groups attached to an aromatic ring is 1. The second-order valence-electron chi connectivity index (χ2n) is 14.8. The summed E-state index contributed by atoms with van der Waals surface area (Å²) in [7, 11) is 3.30. The minimum absolute atomic E-state index is 0.0722. The summed E-state index contributed by atoms with van der Waals surface area (Å²) in [6.45, 7) is 17.2. The van der Waals surface area contributed by atoms with E-state index in [1.54, 1.807) is 13.0 Å². The van der Waals surface area contributed by atoms with Gasteiger partial charge in [-0.1, -0.05) is 86.1 Å². The number of likely N-dealkylation sites (N-methyl/N-ethyl adjacent to an activating group) is 1. The van der Waals surface area contributed by atoms with Gasteiger partial charge in [-0.3, -0.25) is 24.0 Å². The maximum atomic E-state index is 12.1. The summed E-state index contributed by atoms with van der Waals surface area (Å²) in [5.74, 6) is -0.0751. The molecule has 2 rings (SSSR count). The summed E-state index contributed by atoms with van der Waals surface area (Å²) in [4.78, 5) is 87.9. The predicted octanol–water partition coefficient (Wildman–Crippen LogP) is 2.94. The normalized spacial score (nSPS) is 10.0. The van der Waals surface area contributed by atoms with Crippen LogP contribution in [0, 0.1) is 24.2 Å². The zero-order valence-electron chi connectivity index (χ0n) is 38.7. The van der Waals surface area contributed by atoms with Gasteiger partial charge in [-0.2, -0.15) is 0 Å². The molecular formula is C44H74N10O8. The molecule has 0 saturated heterocycles. The fourth-order valence-electron chi connectivity index (χ4n) is 4.05. The number of nitrogens with zero attached hydrogens (tertiary/aromatic N) is 2. The van der Waals surface area contributed by atoms with Gasteiger partial charge in [0.1, 0.15) is 11.9 Å². The van der Waals surface area contributed by atoms with E-state index in [0.717, 1.165) is 36.0 Å². The van der Waals surface area contributed by atoms with Crippen LogP contribution in [0.15, 0.2) is 42.6 Å². The number of carbonyl (C=O) groups is 7. The lowest BCUT2D eigenvalue weighted by Gasteiger charge is -2.17. The maximum Gasteiger partial charge on any atom is 0.326 e. The van der Waals surface area contributed by atoms with E-state index in [1.807, 2.05) is 20.0 Å². The smallest absolute Gasteiger partial charge is 0.326 e. The van der Waals surface area contributed by atoms with Crippen LogP contribution >= 0.6 is 0 Å². The number of unbranched alkanes of at least 4 members (excludes halogenated alkanes) is 1. The molecule has 18 heteroatoms. The van der Waals surface area contributed by atoms with Crippen LogP contribution in [0.4, 0.5) is 16.3 Å². The Kier molecular flexibility index (Phi) is 36.4. The van der Waals surface area contributed by atoms with Crippen LogP contribution in [-0.4, -0.2) is 116 Å². The molecule has 1 atom stereocenters. The van der Waals surface area contributed by atoms with Crippen LogP contribution in [0.25, 0.3) is 0 Å². The molecule has 62 heavy (non-hydrogen) atoms. The molecule has 10 N–H and O–H groups in total. The zero-order chi connectivity index (χ0) is 48.0. The summed E-state index contributed by atoms with van der Waals surface area (Å²) < 4.78 is 0. The number of benzene rings is 1. The lowest BCUT2D eigenvalue weighted by molar-refractivity contribution is -0.139. The number of nitrogens with two attached hydrogens (primary N) is 1. The molecule has 7 amide bonds. The maximum absolute atomic E-state index is 12.1. The number of carboxylic acids is 1. The average molecular weight is 871 g/mol. The highest BCUT2D eigenvalue weighted by Gasteiger charge is 2.21. The first-order chi connectivity index (χ1) is 29.2. The first-order valence-corrected chi connectivity index (χ1v) is 20.6. The van der Waals surface area contributed by atoms with E-state index in [0.29, 0.717) is 12.1 Å². The van der Waals surface area contributed by atoms with Gasteiger partial charge in [-0.05, 0) is 54.9 Å². The van der Waals surface area contributed by atoms with Gasteiger partial charge in [0.05, 0.1) is 32.7 Å². The van der Waals surface area contributed by atoms with Crippen molar-refractivity contribution in [2.24, 2.45) is 11.8 Å². The van der Waals surface area contributed by atoms with Crippen LogP contribution in [0.1, 0.15) is 86.3 Å². The predicted molar refractivity (Wildman–Crippen MR) is 246 cm³/mol. The number of rotatable bonds is 19. The summed E-state index contributed by atoms with van der Waals surface area (Å²) in [5, 5.41) is 26.4. The van der Waals surface area contributed by atoms with Gasteiger partial charge in [0, 0.05) is 38.9 Å². The molecule has 0 saturated carbocycles. The van der Waals surface area contributed by atoms with Crippen molar-refractivity contribution in [3.63, 3.8) is 0 Å². The van der Waals surface area contributed by atoms with Crippen molar-refractivity contribution < 1.29 is 38.7 Å². The Balaban J connectivity index is -0.00000135. The van der Waals surface area contributed by atoms with E-state index in [2.05, 4.69) is 121 Å². The third-order valence-corrected chi connectivity index (χ3v) is 6.96. The van der Waals surface area contributed by atoms with Crippen LogP contribution in [0.5, 0.6) is 0 Å². The number of hydrogen-bond donors (Lipinski definition) is 9. The minimum Gasteiger partial charge on any atom is -0.480 e. The van der Waals surface area contributed by atoms with Crippen molar-refractivity contribution in [1.29, 1.82) is 0 Å². The van der Waals surface area contributed by atoms with Gasteiger partial charge in [0.15, 0.2) is 0 Å². The van der Waals surface area contributed by atoms with E-state index in [4.69, 9.17) is 5.73 Å². The van der Waals surface area contributed by atoms with Gasteiger partial charge in [-0.15, -0.1) is 12.3 Å². The molecule has 18 nitrogen and oxygen atoms in total. The number of nitrogens with one attached hydrogen (secondary N) is 7. The molecular weight excluding hydrogens is 797 g/mol. The Labute approximate surface area is 369 Å². The van der Waals surface area contributed by atoms with E-state index >= 15 is 0 Å². The van der Waals surface area contributed by atoms with E-state index in [1.165, 1.54) is 30.6 Å². The number of para-hydroxylation sites is 1. The number of terminal acetylenes is 1. The largest absolute Gasteiger partial charge is 0.480 e. The summed E-state index contributed by atoms with van der Waals surface area (Å²) in [6.07, 6.45) is 8.74. The first-order valence-electron chi connectivity index (χ1n) is 20.6. The molecule has 1 aromatic heterocycles. The standard InChI is InChI=1S/C24H37N9O8.C9H13N.2C4H10.C3H4/c1-3-4-7-26-18(34)10-29-21(37)14-33(2)22(38)13-30-19(35)11-28-20(36)12-31-24(41)32-16(23(39)40)8-15-5-6-17(25)27-9-15;1-3-8-6-4-5-7-9(8)10-2;2*1-4(2)3;1-3-2/h5-6,9,16H,3-4,7-8,10-14H2,1-2H3,(H2,25,27)(H,26,34)(H,28,36)(H,29,37)(H,30,35)(H,39,40)(H2,31,32,41);4-7,10H,3H2,1-2H3;2*4H,1-3H3;1H,2H3. The average Bonchev–Trinajstić information content (AvgIpc) is 3.21. The molecule has 1 unspecified atom stereocenters. The van der Waals surface area contributed by atoms with Crippen LogP contribution in [0.3, 0.4) is 0 Å². The van der Waals surface area contributed by atoms with Crippen LogP contribution in [0.2, 0.25) is 0 Å². The Morgan fingerprint density at radius 2 is 1.29 bits per heavy atom. The van der Waals surface area contributed by atoms with Crippen molar-refractivity contribution in [3.8, 4) is 12.3 Å². The van der Waals surface area contributed by atoms with Crippen molar-refractivity contribution in [2.75, 3.05) is 64.4 Å². The summed E-state index contributed by atoms with van der Waals surface area (Å²) in [6, 6.07) is 9.19. The number of amides is 7. The van der Waals surface area contributed by atoms with Gasteiger partial charge < -0.3 is 53.0 Å². The van der Waals surface area contributed by atoms with Crippen molar-refractivity contribution in [2.45, 2.75) is 94.0 Å². The Hall–Kier alpha value is -6.38. The number of aliphatic carboxylic acids is 1. The highest BCUT2D eigenvalue weighted by atomic mass is 16.4. The second kappa shape index (κ2) is 37.6. The lowest BCUT2D eigenvalue weighted by atomic mass is 10.1. The SMILES string of the molecule is C#CC.CC(C)C.CC(C)C.CCCCNC(=O)CNC(=O)CN(C)C(=O)CNC(=O)CNC(=O)CNC(=O)NC(Cc1ccc(N)nc1)C(=O)O.CCc1ccccc1NC. The first kappa shape index (κ1) is 59.9. The van der Waals surface area contributed by atoms with Gasteiger partial charge in [0.25, 0.3) is 0 Å². The third-order valence-electron chi connectivity index (χ3n) is 6.96. The minimum atomic E-state index is -1.30. The molecule has 0 bridgehead atoms. The molecule has 0 aliphatic rings. The molecule has 0 aliphatic heterocycles.